The Morgan fingerprint density at radius 2 is 1.94 bits per heavy atom. The molecule has 5 N–H and O–H groups in total. The largest absolute Gasteiger partial charge is 0.394 e. The van der Waals surface area contributed by atoms with E-state index in [2.05, 4.69) is 20.1 Å². The van der Waals surface area contributed by atoms with E-state index in [4.69, 9.17) is 10.5 Å². The standard InChI is InChI=1S/C21H29N7O4/c22-18-15-20(28(11-23-15)21-17(31)16(30)14(10-29)32-21)26-19(25-18)13-8-24-27(9-13)7-6-12-4-2-1-3-5-12/h8-9,11-12,14,16-17,21,29-31H,1-7,10H2,(H2,22,25,26)/t14-,16-,17-,21?/m0/s1. The maximum absolute atomic E-state index is 10.4. The van der Waals surface area contributed by atoms with Gasteiger partial charge in [0.15, 0.2) is 23.5 Å². The number of hydrogen-bond acceptors (Lipinski definition) is 9. The fourth-order valence-electron chi connectivity index (χ4n) is 4.76. The molecule has 2 fully saturated rings. The number of aliphatic hydroxyl groups excluding tert-OH is 3. The Balaban J connectivity index is 1.40. The monoisotopic (exact) mass is 443 g/mol. The number of rotatable bonds is 6. The third-order valence-corrected chi connectivity index (χ3v) is 6.62. The molecule has 1 saturated carbocycles. The van der Waals surface area contributed by atoms with Crippen LogP contribution in [0.4, 0.5) is 5.82 Å². The summed E-state index contributed by atoms with van der Waals surface area (Å²) >= 11 is 0. The van der Waals surface area contributed by atoms with Crippen LogP contribution in [-0.2, 0) is 11.3 Å². The number of anilines is 1. The Hall–Kier alpha value is -2.60. The van der Waals surface area contributed by atoms with Crippen molar-refractivity contribution in [3.8, 4) is 11.4 Å². The maximum atomic E-state index is 10.4. The van der Waals surface area contributed by atoms with Gasteiger partial charge in [-0.2, -0.15) is 5.10 Å². The lowest BCUT2D eigenvalue weighted by Gasteiger charge is -2.21. The molecule has 0 bridgehead atoms. The van der Waals surface area contributed by atoms with Gasteiger partial charge in [-0.3, -0.25) is 9.25 Å². The molecule has 172 valence electrons. The van der Waals surface area contributed by atoms with Crippen LogP contribution < -0.4 is 5.73 Å². The van der Waals surface area contributed by atoms with Crippen molar-refractivity contribution >= 4 is 17.0 Å². The van der Waals surface area contributed by atoms with Crippen LogP contribution in [0, 0.1) is 5.92 Å². The summed E-state index contributed by atoms with van der Waals surface area (Å²) in [6.45, 7) is 0.437. The number of imidazole rings is 1. The highest BCUT2D eigenvalue weighted by molar-refractivity contribution is 5.83. The van der Waals surface area contributed by atoms with Gasteiger partial charge in [-0.15, -0.1) is 0 Å². The molecule has 4 heterocycles. The maximum Gasteiger partial charge on any atom is 0.168 e. The fourth-order valence-corrected chi connectivity index (χ4v) is 4.76. The van der Waals surface area contributed by atoms with Crippen LogP contribution in [0.1, 0.15) is 44.8 Å². The van der Waals surface area contributed by atoms with Crippen molar-refractivity contribution in [3.05, 3.63) is 18.7 Å². The van der Waals surface area contributed by atoms with E-state index in [1.807, 2.05) is 10.9 Å². The summed E-state index contributed by atoms with van der Waals surface area (Å²) < 4.78 is 9.04. The van der Waals surface area contributed by atoms with Gasteiger partial charge in [-0.05, 0) is 12.3 Å². The Labute approximate surface area is 184 Å². The second-order valence-electron chi connectivity index (χ2n) is 8.77. The molecule has 0 amide bonds. The molecular formula is C21H29N7O4. The molecule has 0 spiro atoms. The van der Waals surface area contributed by atoms with Gasteiger partial charge in [0.2, 0.25) is 0 Å². The summed E-state index contributed by atoms with van der Waals surface area (Å²) in [6.07, 6.45) is 8.47. The molecule has 4 atom stereocenters. The first-order chi connectivity index (χ1) is 15.5. The molecule has 1 unspecified atom stereocenters. The number of aromatic nitrogens is 6. The predicted molar refractivity (Wildman–Crippen MR) is 115 cm³/mol. The van der Waals surface area contributed by atoms with E-state index >= 15 is 0 Å². The van der Waals surface area contributed by atoms with Gasteiger partial charge in [0.05, 0.1) is 24.7 Å². The molecule has 11 nitrogen and oxygen atoms in total. The number of hydrogen-bond donors (Lipinski definition) is 4. The van der Waals surface area contributed by atoms with Crippen LogP contribution in [0.25, 0.3) is 22.6 Å². The molecule has 1 saturated heterocycles. The summed E-state index contributed by atoms with van der Waals surface area (Å²) in [7, 11) is 0. The number of nitrogens with zero attached hydrogens (tertiary/aromatic N) is 6. The lowest BCUT2D eigenvalue weighted by Crippen LogP contribution is -2.33. The quantitative estimate of drug-likeness (QED) is 0.433. The van der Waals surface area contributed by atoms with Gasteiger partial charge in [0, 0.05) is 12.7 Å². The second-order valence-corrected chi connectivity index (χ2v) is 8.77. The molecule has 32 heavy (non-hydrogen) atoms. The molecule has 2 aliphatic rings. The highest BCUT2D eigenvalue weighted by Gasteiger charge is 2.44. The van der Waals surface area contributed by atoms with E-state index in [1.54, 1.807) is 6.20 Å². The van der Waals surface area contributed by atoms with Crippen LogP contribution in [0.2, 0.25) is 0 Å². The van der Waals surface area contributed by atoms with Crippen molar-refractivity contribution in [1.29, 1.82) is 0 Å². The Bertz CT molecular complexity index is 1080. The van der Waals surface area contributed by atoms with Gasteiger partial charge in [-0.1, -0.05) is 32.1 Å². The first-order valence-corrected chi connectivity index (χ1v) is 11.2. The lowest BCUT2D eigenvalue weighted by atomic mass is 9.87. The summed E-state index contributed by atoms with van der Waals surface area (Å²) in [5, 5.41) is 34.3. The molecule has 1 aliphatic carbocycles. The Morgan fingerprint density at radius 1 is 1.12 bits per heavy atom. The van der Waals surface area contributed by atoms with E-state index in [0.29, 0.717) is 17.0 Å². The number of ether oxygens (including phenoxy) is 1. The van der Waals surface area contributed by atoms with Crippen molar-refractivity contribution < 1.29 is 20.1 Å². The van der Waals surface area contributed by atoms with E-state index in [1.165, 1.54) is 43.0 Å². The van der Waals surface area contributed by atoms with Crippen molar-refractivity contribution in [2.24, 2.45) is 5.92 Å². The highest BCUT2D eigenvalue weighted by Crippen LogP contribution is 2.33. The molecule has 3 aromatic heterocycles. The third kappa shape index (κ3) is 3.85. The van der Waals surface area contributed by atoms with Crippen LogP contribution in [-0.4, -0.2) is 69.5 Å². The van der Waals surface area contributed by atoms with Crippen molar-refractivity contribution in [2.75, 3.05) is 12.3 Å². The number of aryl methyl sites for hydroxylation is 1. The minimum atomic E-state index is -1.24. The zero-order valence-corrected chi connectivity index (χ0v) is 17.8. The summed E-state index contributed by atoms with van der Waals surface area (Å²) in [5.74, 6) is 1.36. The SMILES string of the molecule is Nc1nc(-c2cnn(CCC3CCCCC3)c2)nc2c1ncn2C1O[C@@H](CO)[C@H](O)[C@@H]1O. The average molecular weight is 444 g/mol. The van der Waals surface area contributed by atoms with Gasteiger partial charge in [-0.25, -0.2) is 15.0 Å². The van der Waals surface area contributed by atoms with Crippen molar-refractivity contribution in [1.82, 2.24) is 29.3 Å². The Kier molecular flexibility index (Phi) is 5.80. The normalized spacial score (nSPS) is 26.8. The number of nitrogens with two attached hydrogens (primary N) is 1. The molecular weight excluding hydrogens is 414 g/mol. The second kappa shape index (κ2) is 8.74. The number of nitrogen functional groups attached to an aromatic ring is 1. The lowest BCUT2D eigenvalue weighted by molar-refractivity contribution is -0.0511. The molecule has 0 aromatic carbocycles. The van der Waals surface area contributed by atoms with Crippen LogP contribution >= 0.6 is 0 Å². The molecule has 5 rings (SSSR count). The van der Waals surface area contributed by atoms with Crippen molar-refractivity contribution in [3.63, 3.8) is 0 Å². The average Bonchev–Trinajstić information content (AvgIpc) is 3.52. The first-order valence-electron chi connectivity index (χ1n) is 11.2. The van der Waals surface area contributed by atoms with E-state index in [0.717, 1.165) is 24.4 Å². The zero-order chi connectivity index (χ0) is 22.2. The summed E-state index contributed by atoms with van der Waals surface area (Å²) in [5.41, 5.74) is 7.61. The zero-order valence-electron chi connectivity index (χ0n) is 17.8. The highest BCUT2D eigenvalue weighted by atomic mass is 16.6. The minimum Gasteiger partial charge on any atom is -0.394 e. The van der Waals surface area contributed by atoms with E-state index < -0.39 is 31.1 Å². The Morgan fingerprint density at radius 3 is 2.69 bits per heavy atom. The molecule has 0 radical (unpaired) electrons. The third-order valence-electron chi connectivity index (χ3n) is 6.62. The van der Waals surface area contributed by atoms with Gasteiger partial charge >= 0.3 is 0 Å². The molecule has 11 heteroatoms. The van der Waals surface area contributed by atoms with Crippen molar-refractivity contribution in [2.45, 2.75) is 69.6 Å². The number of fused-ring (bicyclic) bond motifs is 1. The number of aliphatic hydroxyl groups is 3. The molecule has 3 aromatic rings. The molecule has 1 aliphatic heterocycles. The van der Waals surface area contributed by atoms with Gasteiger partial charge in [0.1, 0.15) is 23.8 Å². The topological polar surface area (TPSA) is 157 Å². The summed E-state index contributed by atoms with van der Waals surface area (Å²) in [6, 6.07) is 0. The van der Waals surface area contributed by atoms with Crippen LogP contribution in [0.3, 0.4) is 0 Å². The van der Waals surface area contributed by atoms with Crippen LogP contribution in [0.5, 0.6) is 0 Å². The minimum absolute atomic E-state index is 0.199. The van der Waals surface area contributed by atoms with E-state index in [-0.39, 0.29) is 5.82 Å². The smallest absolute Gasteiger partial charge is 0.168 e. The van der Waals surface area contributed by atoms with Gasteiger partial charge < -0.3 is 25.8 Å². The summed E-state index contributed by atoms with van der Waals surface area (Å²) in [4.78, 5) is 13.2. The fraction of sp³-hybridized carbons (Fsp3) is 0.619. The van der Waals surface area contributed by atoms with Gasteiger partial charge in [0.25, 0.3) is 0 Å². The van der Waals surface area contributed by atoms with Crippen LogP contribution in [0.15, 0.2) is 18.7 Å². The first kappa shape index (κ1) is 21.3. The predicted octanol–water partition coefficient (Wildman–Crippen LogP) is 0.854. The van der Waals surface area contributed by atoms with E-state index in [9.17, 15) is 15.3 Å².